The van der Waals surface area contributed by atoms with Crippen LogP contribution < -0.4 is 0 Å². The highest BCUT2D eigenvalue weighted by Crippen LogP contribution is 2.16. The zero-order valence-corrected chi connectivity index (χ0v) is 37.2. The Hall–Kier alpha value is -1.59. The lowest BCUT2D eigenvalue weighted by Crippen LogP contribution is -2.30. The minimum atomic E-state index is -0.757. The minimum absolute atomic E-state index is 0.0634. The summed E-state index contributed by atoms with van der Waals surface area (Å²) < 4.78 is 16.6. The second-order valence-corrected chi connectivity index (χ2v) is 16.7. The first-order valence-electron chi connectivity index (χ1n) is 24.5. The van der Waals surface area contributed by atoms with E-state index in [9.17, 15) is 14.4 Å². The van der Waals surface area contributed by atoms with Gasteiger partial charge in [0.05, 0.1) is 0 Å². The van der Waals surface area contributed by atoms with Crippen molar-refractivity contribution in [3.63, 3.8) is 0 Å². The first kappa shape index (κ1) is 53.4. The first-order chi connectivity index (χ1) is 27.0. The fraction of sp³-hybridized carbons (Fsp3) is 0.939. The van der Waals surface area contributed by atoms with Crippen LogP contribution in [0.1, 0.15) is 278 Å². The molecule has 0 aromatic rings. The van der Waals surface area contributed by atoms with Crippen LogP contribution in [0.4, 0.5) is 0 Å². The molecule has 0 N–H and O–H groups in total. The highest BCUT2D eigenvalue weighted by molar-refractivity contribution is 5.71. The van der Waals surface area contributed by atoms with Crippen molar-refractivity contribution >= 4 is 17.9 Å². The van der Waals surface area contributed by atoms with Gasteiger partial charge >= 0.3 is 17.9 Å². The van der Waals surface area contributed by atoms with E-state index >= 15 is 0 Å². The first-order valence-corrected chi connectivity index (χ1v) is 24.5. The molecular weight excluding hydrogens is 685 g/mol. The molecule has 0 heterocycles. The zero-order chi connectivity index (χ0) is 40.1. The molecule has 0 saturated carbocycles. The highest BCUT2D eigenvalue weighted by Gasteiger charge is 2.19. The largest absolute Gasteiger partial charge is 0.462 e. The number of hydrogen-bond donors (Lipinski definition) is 0. The molecule has 6 nitrogen and oxygen atoms in total. The molecule has 0 unspecified atom stereocenters. The predicted octanol–water partition coefficient (Wildman–Crippen LogP) is 15.6. The SMILES string of the molecule is CCCCCCCCCCCCCCCCCCCCCC(=O)OC[C@H](COC(=O)CCCCCCC)OC(=O)CCCCCCCCCCCCCCC. The number of unbranched alkanes of at least 4 members (excludes halogenated alkanes) is 34. The summed E-state index contributed by atoms with van der Waals surface area (Å²) >= 11 is 0. The number of hydrogen-bond acceptors (Lipinski definition) is 6. The van der Waals surface area contributed by atoms with Crippen LogP contribution in [0, 0.1) is 0 Å². The van der Waals surface area contributed by atoms with Crippen LogP contribution >= 0.6 is 0 Å². The molecule has 0 aliphatic carbocycles. The van der Waals surface area contributed by atoms with Gasteiger partial charge in [0.1, 0.15) is 13.2 Å². The van der Waals surface area contributed by atoms with E-state index in [0.29, 0.717) is 19.3 Å². The van der Waals surface area contributed by atoms with Gasteiger partial charge < -0.3 is 14.2 Å². The van der Waals surface area contributed by atoms with Crippen LogP contribution in [-0.2, 0) is 28.6 Å². The van der Waals surface area contributed by atoms with Crippen molar-refractivity contribution in [2.45, 2.75) is 284 Å². The standard InChI is InChI=1S/C49H94O6/c1-4-7-10-13-15-17-19-21-22-23-24-25-26-28-29-31-33-36-39-42-48(51)54-45-46(44-53-47(50)41-38-35-12-9-6-3)55-49(52)43-40-37-34-32-30-27-20-18-16-14-11-8-5-2/h46H,4-45H2,1-3H3/t46-/m0/s1. The van der Waals surface area contributed by atoms with Crippen molar-refractivity contribution in [2.24, 2.45) is 0 Å². The molecular formula is C49H94O6. The van der Waals surface area contributed by atoms with E-state index < -0.39 is 6.10 Å². The maximum absolute atomic E-state index is 12.7. The quantitative estimate of drug-likeness (QED) is 0.0348. The summed E-state index contributed by atoms with van der Waals surface area (Å²) in [6, 6.07) is 0. The van der Waals surface area contributed by atoms with Gasteiger partial charge in [-0.25, -0.2) is 0 Å². The molecule has 0 saturated heterocycles. The van der Waals surface area contributed by atoms with Gasteiger partial charge in [-0.1, -0.05) is 239 Å². The van der Waals surface area contributed by atoms with E-state index in [1.807, 2.05) is 0 Å². The van der Waals surface area contributed by atoms with Crippen LogP contribution in [0.15, 0.2) is 0 Å². The van der Waals surface area contributed by atoms with Gasteiger partial charge in [-0.2, -0.15) is 0 Å². The third-order valence-corrected chi connectivity index (χ3v) is 11.1. The maximum Gasteiger partial charge on any atom is 0.306 e. The van der Waals surface area contributed by atoms with Crippen LogP contribution in [0.5, 0.6) is 0 Å². The molecule has 0 bridgehead atoms. The molecule has 0 fully saturated rings. The van der Waals surface area contributed by atoms with Gasteiger partial charge in [0, 0.05) is 19.3 Å². The van der Waals surface area contributed by atoms with Crippen LogP contribution in [-0.4, -0.2) is 37.2 Å². The lowest BCUT2D eigenvalue weighted by molar-refractivity contribution is -0.167. The molecule has 0 aliphatic rings. The van der Waals surface area contributed by atoms with Crippen molar-refractivity contribution in [3.8, 4) is 0 Å². The number of ether oxygens (including phenoxy) is 3. The smallest absolute Gasteiger partial charge is 0.306 e. The second-order valence-electron chi connectivity index (χ2n) is 16.7. The number of esters is 3. The van der Waals surface area contributed by atoms with Gasteiger partial charge in [0.2, 0.25) is 0 Å². The summed E-state index contributed by atoms with van der Waals surface area (Å²) in [5.41, 5.74) is 0. The van der Waals surface area contributed by atoms with E-state index in [1.165, 1.54) is 173 Å². The summed E-state index contributed by atoms with van der Waals surface area (Å²) in [6.45, 7) is 6.59. The van der Waals surface area contributed by atoms with Gasteiger partial charge in [-0.15, -0.1) is 0 Å². The minimum Gasteiger partial charge on any atom is -0.462 e. The Labute approximate surface area is 342 Å². The van der Waals surface area contributed by atoms with Gasteiger partial charge in [0.15, 0.2) is 6.10 Å². The molecule has 0 rings (SSSR count). The molecule has 0 aromatic carbocycles. The molecule has 0 spiro atoms. The average molecular weight is 779 g/mol. The van der Waals surface area contributed by atoms with Crippen LogP contribution in [0.3, 0.4) is 0 Å². The normalized spacial score (nSPS) is 11.8. The number of carbonyl (C=O) groups is 3. The fourth-order valence-corrected chi connectivity index (χ4v) is 7.38. The molecule has 0 radical (unpaired) electrons. The number of rotatable bonds is 45. The molecule has 0 amide bonds. The molecule has 1 atom stereocenters. The second kappa shape index (κ2) is 45.1. The van der Waals surface area contributed by atoms with Crippen molar-refractivity contribution in [2.75, 3.05) is 13.2 Å². The third-order valence-electron chi connectivity index (χ3n) is 11.1. The summed E-state index contributed by atoms with van der Waals surface area (Å²) in [6.07, 6.45) is 46.9. The van der Waals surface area contributed by atoms with Gasteiger partial charge in [0.25, 0.3) is 0 Å². The Balaban J connectivity index is 4.09. The van der Waals surface area contributed by atoms with E-state index in [2.05, 4.69) is 20.8 Å². The van der Waals surface area contributed by atoms with Crippen molar-refractivity contribution < 1.29 is 28.6 Å². The predicted molar refractivity (Wildman–Crippen MR) is 233 cm³/mol. The zero-order valence-electron chi connectivity index (χ0n) is 37.2. The Morgan fingerprint density at radius 3 is 0.727 bits per heavy atom. The molecule has 0 aromatic heterocycles. The van der Waals surface area contributed by atoms with Crippen LogP contribution in [0.25, 0.3) is 0 Å². The lowest BCUT2D eigenvalue weighted by Gasteiger charge is -2.18. The van der Waals surface area contributed by atoms with E-state index in [1.54, 1.807) is 0 Å². The fourth-order valence-electron chi connectivity index (χ4n) is 7.38. The summed E-state index contributed by atoms with van der Waals surface area (Å²) in [5.74, 6) is -0.861. The molecule has 0 aliphatic heterocycles. The van der Waals surface area contributed by atoms with E-state index in [-0.39, 0.29) is 31.1 Å². The Bertz CT molecular complexity index is 813. The Morgan fingerprint density at radius 1 is 0.291 bits per heavy atom. The van der Waals surface area contributed by atoms with Gasteiger partial charge in [-0.3, -0.25) is 14.4 Å². The molecule has 326 valence electrons. The average Bonchev–Trinajstić information content (AvgIpc) is 3.18. The van der Waals surface area contributed by atoms with E-state index in [0.717, 1.165) is 64.2 Å². The van der Waals surface area contributed by atoms with E-state index in [4.69, 9.17) is 14.2 Å². The Morgan fingerprint density at radius 2 is 0.491 bits per heavy atom. The maximum atomic E-state index is 12.7. The van der Waals surface area contributed by atoms with Crippen molar-refractivity contribution in [3.05, 3.63) is 0 Å². The molecule has 6 heteroatoms. The summed E-state index contributed by atoms with van der Waals surface area (Å²) in [5, 5.41) is 0. The monoisotopic (exact) mass is 779 g/mol. The van der Waals surface area contributed by atoms with Gasteiger partial charge in [-0.05, 0) is 19.3 Å². The summed E-state index contributed by atoms with van der Waals surface area (Å²) in [4.78, 5) is 37.5. The topological polar surface area (TPSA) is 78.9 Å². The lowest BCUT2D eigenvalue weighted by atomic mass is 10.0. The number of carbonyl (C=O) groups excluding carboxylic acids is 3. The van der Waals surface area contributed by atoms with Crippen molar-refractivity contribution in [1.82, 2.24) is 0 Å². The van der Waals surface area contributed by atoms with Crippen LogP contribution in [0.2, 0.25) is 0 Å². The van der Waals surface area contributed by atoms with Crippen molar-refractivity contribution in [1.29, 1.82) is 0 Å². The summed E-state index contributed by atoms with van der Waals surface area (Å²) in [7, 11) is 0. The highest BCUT2D eigenvalue weighted by atomic mass is 16.6. The molecule has 55 heavy (non-hydrogen) atoms. The third kappa shape index (κ3) is 43.4. The Kier molecular flexibility index (Phi) is 43.8.